The number of Topliss-reactive ketones (excluding diaryl/α,β-unsaturated/α-hetero) is 1. The highest BCUT2D eigenvalue weighted by atomic mass is 32.2. The zero-order chi connectivity index (χ0) is 35.2. The first-order chi connectivity index (χ1) is 22.3. The highest BCUT2D eigenvalue weighted by molar-refractivity contribution is 7.90. The summed E-state index contributed by atoms with van der Waals surface area (Å²) in [5.74, 6) is -3.03. The van der Waals surface area contributed by atoms with Gasteiger partial charge in [0.15, 0.2) is 9.84 Å². The number of hydrogen-bond acceptors (Lipinski definition) is 8. The summed E-state index contributed by atoms with van der Waals surface area (Å²) in [6.07, 6.45) is 6.93. The van der Waals surface area contributed by atoms with Gasteiger partial charge in [0.2, 0.25) is 17.6 Å². The number of amides is 5. The van der Waals surface area contributed by atoms with Crippen LogP contribution in [0.2, 0.25) is 0 Å². The molecule has 1 aliphatic heterocycles. The van der Waals surface area contributed by atoms with Gasteiger partial charge in [-0.25, -0.2) is 13.2 Å². The van der Waals surface area contributed by atoms with Crippen LogP contribution in [0.3, 0.4) is 0 Å². The molecule has 2 heterocycles. The number of piperidine rings is 1. The van der Waals surface area contributed by atoms with Gasteiger partial charge in [0.25, 0.3) is 5.91 Å². The van der Waals surface area contributed by atoms with Crippen LogP contribution >= 0.6 is 0 Å². The molecule has 48 heavy (non-hydrogen) atoms. The largest absolute Gasteiger partial charge is 0.468 e. The number of ketones is 1. The summed E-state index contributed by atoms with van der Waals surface area (Å²) in [7, 11) is -3.66. The number of nitrogens with zero attached hydrogens (tertiary/aromatic N) is 1. The molecule has 5 N–H and O–H groups in total. The Labute approximate surface area is 282 Å². The van der Waals surface area contributed by atoms with Crippen LogP contribution in [0.15, 0.2) is 22.8 Å². The van der Waals surface area contributed by atoms with E-state index in [0.717, 1.165) is 32.1 Å². The molecule has 1 aromatic rings. The van der Waals surface area contributed by atoms with Crippen LogP contribution < -0.4 is 21.7 Å². The molecule has 5 rings (SSSR count). The summed E-state index contributed by atoms with van der Waals surface area (Å²) in [6, 6.07) is -0.429. The summed E-state index contributed by atoms with van der Waals surface area (Å²) < 4.78 is 31.8. The van der Waals surface area contributed by atoms with Crippen molar-refractivity contribution in [3.8, 4) is 0 Å². The van der Waals surface area contributed by atoms with E-state index < -0.39 is 68.5 Å². The Balaban J connectivity index is 1.33. The van der Waals surface area contributed by atoms with E-state index in [0.29, 0.717) is 31.6 Å². The maximum absolute atomic E-state index is 14.4. The Kier molecular flexibility index (Phi) is 9.81. The molecule has 4 unspecified atom stereocenters. The quantitative estimate of drug-likeness (QED) is 0.227. The van der Waals surface area contributed by atoms with Crippen LogP contribution in [0, 0.1) is 28.6 Å². The number of sulfone groups is 1. The number of furan rings is 1. The normalized spacial score (nSPS) is 25.7. The van der Waals surface area contributed by atoms with E-state index in [1.807, 2.05) is 34.6 Å². The second-order valence-corrected chi connectivity index (χ2v) is 18.3. The number of carbonyl (C=O) groups is 5. The molecule has 4 fully saturated rings. The molecule has 13 nitrogen and oxygen atoms in total. The van der Waals surface area contributed by atoms with E-state index in [1.165, 1.54) is 11.2 Å². The van der Waals surface area contributed by atoms with Gasteiger partial charge in [0.05, 0.1) is 23.6 Å². The molecular weight excluding hydrogens is 638 g/mol. The van der Waals surface area contributed by atoms with Crippen molar-refractivity contribution < 1.29 is 36.8 Å². The number of hydrogen-bond donors (Lipinski definition) is 4. The van der Waals surface area contributed by atoms with Crippen molar-refractivity contribution in [1.82, 2.24) is 20.9 Å². The van der Waals surface area contributed by atoms with Crippen LogP contribution in [-0.2, 0) is 34.8 Å². The van der Waals surface area contributed by atoms with Crippen molar-refractivity contribution >= 4 is 39.4 Å². The van der Waals surface area contributed by atoms with Gasteiger partial charge in [0.1, 0.15) is 23.6 Å². The van der Waals surface area contributed by atoms with Crippen molar-refractivity contribution in [3.63, 3.8) is 0 Å². The Morgan fingerprint density at radius 1 is 1.06 bits per heavy atom. The molecule has 0 aromatic carbocycles. The molecule has 4 aliphatic rings. The van der Waals surface area contributed by atoms with Gasteiger partial charge in [-0.2, -0.15) is 0 Å². The van der Waals surface area contributed by atoms with Gasteiger partial charge in [-0.3, -0.25) is 19.2 Å². The summed E-state index contributed by atoms with van der Waals surface area (Å²) in [5, 5.41) is 8.58. The minimum Gasteiger partial charge on any atom is -0.468 e. The fourth-order valence-corrected chi connectivity index (χ4v) is 9.90. The summed E-state index contributed by atoms with van der Waals surface area (Å²) in [4.78, 5) is 67.9. The smallest absolute Gasteiger partial charge is 0.315 e. The third-order valence-corrected chi connectivity index (χ3v) is 12.6. The van der Waals surface area contributed by atoms with E-state index in [4.69, 9.17) is 10.2 Å². The van der Waals surface area contributed by atoms with Gasteiger partial charge in [0, 0.05) is 6.54 Å². The van der Waals surface area contributed by atoms with Crippen molar-refractivity contribution in [3.05, 3.63) is 24.2 Å². The van der Waals surface area contributed by atoms with E-state index >= 15 is 0 Å². The van der Waals surface area contributed by atoms with Crippen LogP contribution in [0.5, 0.6) is 0 Å². The van der Waals surface area contributed by atoms with Gasteiger partial charge < -0.3 is 31.0 Å². The molecule has 0 bridgehead atoms. The lowest BCUT2D eigenvalue weighted by Gasteiger charge is -2.40. The second kappa shape index (κ2) is 13.1. The highest BCUT2D eigenvalue weighted by Crippen LogP contribution is 2.65. The first kappa shape index (κ1) is 35.9. The molecule has 0 spiro atoms. The number of fused-ring (bicyclic) bond motifs is 1. The fraction of sp³-hybridized carbons (Fsp3) is 0.735. The molecule has 0 radical (unpaired) electrons. The molecular formula is C34H51N5O8S. The number of likely N-dealkylation sites (tertiary alicyclic amines) is 1. The van der Waals surface area contributed by atoms with E-state index in [9.17, 15) is 32.4 Å². The second-order valence-electron chi connectivity index (χ2n) is 16.2. The van der Waals surface area contributed by atoms with Crippen molar-refractivity contribution in [2.45, 2.75) is 115 Å². The zero-order valence-electron chi connectivity index (χ0n) is 28.7. The van der Waals surface area contributed by atoms with Crippen molar-refractivity contribution in [2.24, 2.45) is 34.3 Å². The molecule has 1 aromatic heterocycles. The first-order valence-corrected chi connectivity index (χ1v) is 18.9. The lowest BCUT2D eigenvalue weighted by atomic mass is 9.83. The van der Waals surface area contributed by atoms with E-state index in [2.05, 4.69) is 16.0 Å². The van der Waals surface area contributed by atoms with Gasteiger partial charge in [-0.15, -0.1) is 0 Å². The average Bonchev–Trinajstić information content (AvgIpc) is 3.70. The van der Waals surface area contributed by atoms with Gasteiger partial charge in [-0.05, 0) is 60.0 Å². The van der Waals surface area contributed by atoms with E-state index in [-0.39, 0.29) is 34.7 Å². The van der Waals surface area contributed by atoms with Gasteiger partial charge >= 0.3 is 6.03 Å². The Hall–Kier alpha value is -3.42. The monoisotopic (exact) mass is 689 g/mol. The molecule has 1 saturated heterocycles. The Morgan fingerprint density at radius 2 is 1.73 bits per heavy atom. The molecule has 14 heteroatoms. The van der Waals surface area contributed by atoms with Crippen molar-refractivity contribution in [1.29, 1.82) is 0 Å². The van der Waals surface area contributed by atoms with Crippen LogP contribution in [-0.4, -0.2) is 78.8 Å². The molecule has 5 amide bonds. The predicted molar refractivity (Wildman–Crippen MR) is 177 cm³/mol. The van der Waals surface area contributed by atoms with E-state index in [1.54, 1.807) is 12.1 Å². The van der Waals surface area contributed by atoms with Crippen LogP contribution in [0.25, 0.3) is 0 Å². The third kappa shape index (κ3) is 7.89. The molecule has 3 aliphatic carbocycles. The number of carbonyl (C=O) groups excluding carboxylic acids is 5. The van der Waals surface area contributed by atoms with Crippen LogP contribution in [0.1, 0.15) is 91.7 Å². The summed E-state index contributed by atoms with van der Waals surface area (Å²) in [6.45, 7) is 9.82. The highest BCUT2D eigenvalue weighted by Gasteiger charge is 2.70. The number of primary amides is 1. The average molecular weight is 690 g/mol. The molecule has 5 atom stereocenters. The molecule has 3 saturated carbocycles. The fourth-order valence-electron chi connectivity index (χ4n) is 8.00. The Morgan fingerprint density at radius 3 is 2.29 bits per heavy atom. The van der Waals surface area contributed by atoms with Crippen LogP contribution in [0.4, 0.5) is 4.79 Å². The summed E-state index contributed by atoms with van der Waals surface area (Å²) in [5.41, 5.74) is 3.30. The standard InChI is InChI=1S/C34H51N5O8S/c1-32(2,3)27(37-31(44)38-34(13-7-6-8-14-34)19-48(45,46)18-21-10-9-15-47-21)30(43)39-17-22-24(33(22,4)5)25(39)29(42)36-23(16-20-11-12-20)26(40)28(35)41/h9-10,15,20,22-25,27H,6-8,11-14,16-19H2,1-5H3,(H2,35,41)(H,36,42)(H2,37,38,44)/t22?,23?,24?,25?,27-/m1/s1. The van der Waals surface area contributed by atoms with Gasteiger partial charge in [-0.1, -0.05) is 66.7 Å². The number of nitrogens with one attached hydrogen (secondary N) is 3. The topological polar surface area (TPSA) is 198 Å². The third-order valence-electron chi connectivity index (χ3n) is 10.9. The minimum atomic E-state index is -3.66. The lowest BCUT2D eigenvalue weighted by Crippen LogP contribution is -2.64. The zero-order valence-corrected chi connectivity index (χ0v) is 29.5. The SMILES string of the molecule is CC1(C)C2CN(C(=O)[C@@H](NC(=O)NC3(CS(=O)(=O)Cc4ccco4)CCCCC3)C(C)(C)C)C(C(=O)NC(CC3CC3)C(=O)C(N)=O)C21. The minimum absolute atomic E-state index is 0.0465. The maximum atomic E-state index is 14.4. The number of rotatable bonds is 13. The summed E-state index contributed by atoms with van der Waals surface area (Å²) >= 11 is 0. The molecule has 266 valence electrons. The lowest BCUT2D eigenvalue weighted by molar-refractivity contribution is -0.145. The Bertz CT molecular complexity index is 1520. The maximum Gasteiger partial charge on any atom is 0.315 e. The van der Waals surface area contributed by atoms with Crippen molar-refractivity contribution in [2.75, 3.05) is 12.3 Å². The number of urea groups is 1. The predicted octanol–water partition coefficient (Wildman–Crippen LogP) is 2.43. The first-order valence-electron chi connectivity index (χ1n) is 17.1. The number of nitrogens with two attached hydrogens (primary N) is 1.